The van der Waals surface area contributed by atoms with Crippen LogP contribution in [0, 0.1) is 6.92 Å². The van der Waals surface area contributed by atoms with Gasteiger partial charge >= 0.3 is 0 Å². The highest BCUT2D eigenvalue weighted by Gasteiger charge is 2.16. The van der Waals surface area contributed by atoms with E-state index in [1.54, 1.807) is 24.3 Å². The number of nitrogens with one attached hydrogen (secondary N) is 2. The Hall–Kier alpha value is -2.91. The Bertz CT molecular complexity index is 1010. The molecule has 4 rings (SSSR count). The van der Waals surface area contributed by atoms with Gasteiger partial charge in [-0.1, -0.05) is 11.3 Å². The number of fused-ring (bicyclic) bond motifs is 1. The van der Waals surface area contributed by atoms with Gasteiger partial charge in [-0.3, -0.25) is 9.59 Å². The van der Waals surface area contributed by atoms with Crippen LogP contribution in [0.2, 0.25) is 0 Å². The van der Waals surface area contributed by atoms with Gasteiger partial charge in [0, 0.05) is 18.8 Å². The number of benzene rings is 1. The molecule has 0 saturated carbocycles. The van der Waals surface area contributed by atoms with Crippen molar-refractivity contribution >= 4 is 44.2 Å². The second kappa shape index (κ2) is 7.99. The molecule has 0 unspecified atom stereocenters. The number of anilines is 2. The van der Waals surface area contributed by atoms with Crippen molar-refractivity contribution in [2.75, 3.05) is 43.1 Å². The lowest BCUT2D eigenvalue weighted by Crippen LogP contribution is -2.36. The van der Waals surface area contributed by atoms with E-state index in [-0.39, 0.29) is 18.4 Å². The molecule has 0 radical (unpaired) electrons. The Kier molecular flexibility index (Phi) is 5.27. The molecule has 0 atom stereocenters. The molecule has 3 heterocycles. The summed E-state index contributed by atoms with van der Waals surface area (Å²) in [4.78, 5) is 31.1. The quantitative estimate of drug-likeness (QED) is 0.683. The van der Waals surface area contributed by atoms with E-state index in [2.05, 4.69) is 20.5 Å². The van der Waals surface area contributed by atoms with Crippen molar-refractivity contribution in [3.8, 4) is 0 Å². The highest BCUT2D eigenvalue weighted by molar-refractivity contribution is 7.22. The van der Waals surface area contributed by atoms with Gasteiger partial charge in [0.2, 0.25) is 5.91 Å². The van der Waals surface area contributed by atoms with Crippen molar-refractivity contribution in [1.29, 1.82) is 0 Å². The first-order chi connectivity index (χ1) is 13.6. The summed E-state index contributed by atoms with van der Waals surface area (Å²) in [7, 11) is 0. The topological polar surface area (TPSA) is 96.7 Å². The molecule has 28 heavy (non-hydrogen) atoms. The van der Waals surface area contributed by atoms with E-state index in [0.717, 1.165) is 28.4 Å². The van der Waals surface area contributed by atoms with E-state index in [1.165, 1.54) is 6.26 Å². The van der Waals surface area contributed by atoms with E-state index in [1.807, 2.05) is 18.2 Å². The van der Waals surface area contributed by atoms with Gasteiger partial charge in [-0.25, -0.2) is 4.98 Å². The fourth-order valence-electron chi connectivity index (χ4n) is 2.96. The number of rotatable bonds is 5. The molecule has 146 valence electrons. The summed E-state index contributed by atoms with van der Waals surface area (Å²) >= 11 is 1.59. The molecular formula is C19H20N4O4S. The van der Waals surface area contributed by atoms with Crippen molar-refractivity contribution in [2.45, 2.75) is 6.92 Å². The number of aryl methyl sites for hydroxylation is 1. The summed E-state index contributed by atoms with van der Waals surface area (Å²) in [6.45, 7) is 4.66. The summed E-state index contributed by atoms with van der Waals surface area (Å²) in [5, 5.41) is 6.36. The molecule has 2 aromatic heterocycles. The lowest BCUT2D eigenvalue weighted by Gasteiger charge is -2.25. The van der Waals surface area contributed by atoms with Gasteiger partial charge in [0.05, 0.1) is 41.8 Å². The van der Waals surface area contributed by atoms with E-state index < -0.39 is 0 Å². The third-order valence-corrected chi connectivity index (χ3v) is 5.53. The highest BCUT2D eigenvalue weighted by Crippen LogP contribution is 2.31. The molecule has 2 N–H and O–H groups in total. The molecule has 1 aromatic carbocycles. The van der Waals surface area contributed by atoms with Crippen molar-refractivity contribution in [1.82, 2.24) is 10.3 Å². The summed E-state index contributed by atoms with van der Waals surface area (Å²) in [6, 6.07) is 7.17. The van der Waals surface area contributed by atoms with E-state index in [0.29, 0.717) is 30.2 Å². The smallest absolute Gasteiger partial charge is 0.255 e. The number of aromatic nitrogens is 1. The van der Waals surface area contributed by atoms with E-state index in [9.17, 15) is 9.59 Å². The van der Waals surface area contributed by atoms with Crippen LogP contribution in [-0.2, 0) is 9.53 Å². The summed E-state index contributed by atoms with van der Waals surface area (Å²) in [6.07, 6.45) is 1.44. The first kappa shape index (κ1) is 18.5. The molecule has 1 aliphatic heterocycles. The maximum Gasteiger partial charge on any atom is 0.255 e. The number of carbonyl (C=O) groups is 2. The van der Waals surface area contributed by atoms with Crippen LogP contribution in [0.5, 0.6) is 0 Å². The first-order valence-electron chi connectivity index (χ1n) is 8.95. The Balaban J connectivity index is 1.38. The number of thiazole rings is 1. The van der Waals surface area contributed by atoms with Gasteiger partial charge in [0.15, 0.2) is 5.13 Å². The van der Waals surface area contributed by atoms with Gasteiger partial charge < -0.3 is 24.7 Å². The minimum Gasteiger partial charge on any atom is -0.469 e. The van der Waals surface area contributed by atoms with Crippen LogP contribution in [0.3, 0.4) is 0 Å². The minimum absolute atomic E-state index is 0.122. The van der Waals surface area contributed by atoms with Crippen LogP contribution in [0.4, 0.5) is 10.8 Å². The van der Waals surface area contributed by atoms with Crippen LogP contribution in [0.25, 0.3) is 10.2 Å². The maximum atomic E-state index is 12.2. The third kappa shape index (κ3) is 4.00. The Morgan fingerprint density at radius 1 is 1.25 bits per heavy atom. The normalized spacial score (nSPS) is 14.2. The van der Waals surface area contributed by atoms with Crippen LogP contribution in [0.1, 0.15) is 16.1 Å². The molecule has 1 fully saturated rings. The molecule has 9 heteroatoms. The second-order valence-corrected chi connectivity index (χ2v) is 7.41. The van der Waals surface area contributed by atoms with Crippen molar-refractivity contribution in [3.63, 3.8) is 0 Å². The Labute approximate surface area is 165 Å². The van der Waals surface area contributed by atoms with Crippen LogP contribution in [0.15, 0.2) is 34.9 Å². The summed E-state index contributed by atoms with van der Waals surface area (Å²) in [5.41, 5.74) is 1.99. The molecule has 2 amide bonds. The van der Waals surface area contributed by atoms with Gasteiger partial charge in [-0.05, 0) is 31.2 Å². The number of hydrogen-bond donors (Lipinski definition) is 2. The van der Waals surface area contributed by atoms with Crippen LogP contribution >= 0.6 is 11.3 Å². The van der Waals surface area contributed by atoms with Gasteiger partial charge in [0.25, 0.3) is 5.91 Å². The molecule has 1 aliphatic rings. The number of hydrogen-bond acceptors (Lipinski definition) is 7. The van der Waals surface area contributed by atoms with Gasteiger partial charge in [-0.15, -0.1) is 0 Å². The van der Waals surface area contributed by atoms with Crippen molar-refractivity contribution in [2.24, 2.45) is 0 Å². The van der Waals surface area contributed by atoms with Crippen LogP contribution in [-0.4, -0.2) is 49.6 Å². The van der Waals surface area contributed by atoms with E-state index >= 15 is 0 Å². The standard InChI is InChI=1S/C19H20N4O4S/c1-12-14(4-7-27-12)18(25)20-11-17(24)21-13-2-3-15-16(10-13)28-19(22-15)23-5-8-26-9-6-23/h2-4,7,10H,5-6,8-9,11H2,1H3,(H,20,25)(H,21,24). The molecule has 0 bridgehead atoms. The lowest BCUT2D eigenvalue weighted by molar-refractivity contribution is -0.115. The fraction of sp³-hybridized carbons (Fsp3) is 0.316. The summed E-state index contributed by atoms with van der Waals surface area (Å²) in [5.74, 6) is -0.120. The molecule has 0 aliphatic carbocycles. The zero-order chi connectivity index (χ0) is 19.5. The van der Waals surface area contributed by atoms with Gasteiger partial charge in [0.1, 0.15) is 5.76 Å². The molecule has 8 nitrogen and oxygen atoms in total. The maximum absolute atomic E-state index is 12.2. The number of nitrogens with zero attached hydrogens (tertiary/aromatic N) is 2. The monoisotopic (exact) mass is 400 g/mol. The number of morpholine rings is 1. The molecular weight excluding hydrogens is 380 g/mol. The minimum atomic E-state index is -0.338. The van der Waals surface area contributed by atoms with Gasteiger partial charge in [-0.2, -0.15) is 0 Å². The highest BCUT2D eigenvalue weighted by atomic mass is 32.1. The van der Waals surface area contributed by atoms with Crippen LogP contribution < -0.4 is 15.5 Å². The number of ether oxygens (including phenoxy) is 1. The number of amides is 2. The largest absolute Gasteiger partial charge is 0.469 e. The molecule has 0 spiro atoms. The number of furan rings is 1. The van der Waals surface area contributed by atoms with Crippen molar-refractivity contribution in [3.05, 3.63) is 41.9 Å². The predicted molar refractivity (Wildman–Crippen MR) is 107 cm³/mol. The molecule has 3 aromatic rings. The third-order valence-electron chi connectivity index (χ3n) is 4.46. The van der Waals surface area contributed by atoms with E-state index in [4.69, 9.17) is 9.15 Å². The molecule has 1 saturated heterocycles. The average Bonchev–Trinajstić information content (AvgIpc) is 3.32. The Morgan fingerprint density at radius 2 is 2.07 bits per heavy atom. The zero-order valence-corrected chi connectivity index (χ0v) is 16.2. The predicted octanol–water partition coefficient (Wildman–Crippen LogP) is 2.40. The fourth-order valence-corrected chi connectivity index (χ4v) is 4.02. The lowest BCUT2D eigenvalue weighted by atomic mass is 10.2. The summed E-state index contributed by atoms with van der Waals surface area (Å²) < 4.78 is 11.5. The Morgan fingerprint density at radius 3 is 2.82 bits per heavy atom. The SMILES string of the molecule is Cc1occc1C(=O)NCC(=O)Nc1ccc2nc(N3CCOCC3)sc2c1. The van der Waals surface area contributed by atoms with Crippen molar-refractivity contribution < 1.29 is 18.7 Å². The number of carbonyl (C=O) groups excluding carboxylic acids is 2. The second-order valence-electron chi connectivity index (χ2n) is 6.40. The zero-order valence-electron chi connectivity index (χ0n) is 15.4. The average molecular weight is 400 g/mol. The first-order valence-corrected chi connectivity index (χ1v) is 9.77.